The minimum atomic E-state index is -0.383. The van der Waals surface area contributed by atoms with Crippen LogP contribution in [0.2, 0.25) is 0 Å². The molecular weight excluding hydrogens is 376 g/mol. The Kier molecular flexibility index (Phi) is 3.32. The normalized spacial score (nSPS) is 12.0. The lowest BCUT2D eigenvalue weighted by molar-refractivity contribution is 0.100. The summed E-state index contributed by atoms with van der Waals surface area (Å²) in [6.45, 7) is 2.97. The second kappa shape index (κ2) is 5.82. The zero-order valence-electron chi connectivity index (χ0n) is 15.9. The Morgan fingerprint density at radius 3 is 2.34 bits per heavy atom. The van der Waals surface area contributed by atoms with Gasteiger partial charge in [-0.05, 0) is 25.1 Å². The first-order valence-electron chi connectivity index (χ1n) is 9.77. The number of fused-ring (bicyclic) bond motifs is 10. The largest absolute Gasteiger partial charge is 0.366 e. The third-order valence-corrected chi connectivity index (χ3v) is 7.15. The van der Waals surface area contributed by atoms with Gasteiger partial charge in [0.2, 0.25) is 5.91 Å². The van der Waals surface area contributed by atoms with Crippen molar-refractivity contribution in [2.75, 3.05) is 0 Å². The predicted molar refractivity (Wildman–Crippen MR) is 124 cm³/mol. The van der Waals surface area contributed by atoms with Gasteiger partial charge in [-0.25, -0.2) is 0 Å². The zero-order valence-corrected chi connectivity index (χ0v) is 16.7. The van der Waals surface area contributed by atoms with Gasteiger partial charge in [-0.3, -0.25) is 4.79 Å². The standard InChI is InChI=1S/C25H18N2OS/c1-2-27-18-12-7-11-17(25(26)28)20(18)22-21-16-10-5-6-13-19(16)29-24(21)15-9-4-3-8-14(15)23(22)27/h3-13H,2H2,1H3,(H2,26,28). The topological polar surface area (TPSA) is 48.0 Å². The summed E-state index contributed by atoms with van der Waals surface area (Å²) in [6, 6.07) is 23.0. The molecule has 3 nitrogen and oxygen atoms in total. The van der Waals surface area contributed by atoms with E-state index in [0.717, 1.165) is 22.8 Å². The minimum Gasteiger partial charge on any atom is -0.366 e. The zero-order chi connectivity index (χ0) is 19.7. The molecule has 0 radical (unpaired) electrons. The molecule has 0 atom stereocenters. The number of nitrogens with two attached hydrogens (primary N) is 1. The van der Waals surface area contributed by atoms with E-state index in [1.165, 1.54) is 36.5 Å². The molecule has 0 fully saturated rings. The van der Waals surface area contributed by atoms with E-state index in [4.69, 9.17) is 5.73 Å². The number of benzene rings is 4. The van der Waals surface area contributed by atoms with Crippen LogP contribution >= 0.6 is 11.3 Å². The first-order valence-corrected chi connectivity index (χ1v) is 10.6. The molecule has 0 aliphatic heterocycles. The van der Waals surface area contributed by atoms with Gasteiger partial charge in [0.15, 0.2) is 0 Å². The van der Waals surface area contributed by atoms with Gasteiger partial charge in [-0.2, -0.15) is 0 Å². The van der Waals surface area contributed by atoms with Crippen LogP contribution in [0, 0.1) is 0 Å². The summed E-state index contributed by atoms with van der Waals surface area (Å²) >= 11 is 1.82. The number of nitrogens with zero attached hydrogens (tertiary/aromatic N) is 1. The quantitative estimate of drug-likeness (QED) is 0.361. The smallest absolute Gasteiger partial charge is 0.249 e. The average Bonchev–Trinajstić information content (AvgIpc) is 3.29. The predicted octanol–water partition coefficient (Wildman–Crippen LogP) is 6.43. The van der Waals surface area contributed by atoms with E-state index in [2.05, 4.69) is 66.1 Å². The summed E-state index contributed by atoms with van der Waals surface area (Å²) in [5.41, 5.74) is 8.66. The van der Waals surface area contributed by atoms with Crippen LogP contribution in [0.25, 0.3) is 52.8 Å². The Hall–Kier alpha value is -3.37. The van der Waals surface area contributed by atoms with Crippen molar-refractivity contribution >= 4 is 70.0 Å². The molecule has 4 heteroatoms. The fourth-order valence-corrected chi connectivity index (χ4v) is 6.08. The lowest BCUT2D eigenvalue weighted by atomic mass is 9.98. The number of carbonyl (C=O) groups excluding carboxylic acids is 1. The number of aromatic nitrogens is 1. The number of thiophene rings is 1. The van der Waals surface area contributed by atoms with Crippen molar-refractivity contribution in [3.63, 3.8) is 0 Å². The van der Waals surface area contributed by atoms with Gasteiger partial charge in [0.1, 0.15) is 0 Å². The molecule has 6 aromatic rings. The number of primary amides is 1. The van der Waals surface area contributed by atoms with Crippen molar-refractivity contribution < 1.29 is 4.79 Å². The van der Waals surface area contributed by atoms with Crippen LogP contribution in [0.1, 0.15) is 17.3 Å². The number of carbonyl (C=O) groups is 1. The monoisotopic (exact) mass is 394 g/mol. The highest BCUT2D eigenvalue weighted by atomic mass is 32.1. The second-order valence-electron chi connectivity index (χ2n) is 7.38. The van der Waals surface area contributed by atoms with Crippen LogP contribution in [0.15, 0.2) is 66.7 Å². The van der Waals surface area contributed by atoms with Gasteiger partial charge in [0.05, 0.1) is 5.52 Å². The molecule has 0 aliphatic rings. The fourth-order valence-electron chi connectivity index (χ4n) is 4.83. The van der Waals surface area contributed by atoms with Crippen molar-refractivity contribution in [1.82, 2.24) is 4.57 Å². The maximum absolute atomic E-state index is 12.4. The maximum atomic E-state index is 12.4. The molecule has 4 aromatic carbocycles. The molecule has 2 aromatic heterocycles. The van der Waals surface area contributed by atoms with Gasteiger partial charge in [0, 0.05) is 59.3 Å². The number of rotatable bonds is 2. The molecule has 1 amide bonds. The first kappa shape index (κ1) is 16.6. The Morgan fingerprint density at radius 1 is 0.862 bits per heavy atom. The van der Waals surface area contributed by atoms with Crippen molar-refractivity contribution in [3.05, 3.63) is 72.3 Å². The van der Waals surface area contributed by atoms with Crippen molar-refractivity contribution in [3.8, 4) is 0 Å². The highest BCUT2D eigenvalue weighted by Crippen LogP contribution is 2.47. The van der Waals surface area contributed by atoms with Crippen LogP contribution in [0.3, 0.4) is 0 Å². The number of hydrogen-bond acceptors (Lipinski definition) is 2. The van der Waals surface area contributed by atoms with E-state index in [1.54, 1.807) is 0 Å². The first-order chi connectivity index (χ1) is 14.2. The molecule has 6 rings (SSSR count). The van der Waals surface area contributed by atoms with E-state index in [1.807, 2.05) is 23.5 Å². The number of aryl methyl sites for hydroxylation is 1. The molecule has 0 aliphatic carbocycles. The van der Waals surface area contributed by atoms with Gasteiger partial charge in [-0.1, -0.05) is 48.5 Å². The van der Waals surface area contributed by atoms with Crippen LogP contribution in [-0.2, 0) is 6.54 Å². The lowest BCUT2D eigenvalue weighted by Gasteiger charge is -2.08. The molecule has 0 bridgehead atoms. The molecule has 2 N–H and O–H groups in total. The van der Waals surface area contributed by atoms with Crippen LogP contribution in [0.5, 0.6) is 0 Å². The van der Waals surface area contributed by atoms with Gasteiger partial charge >= 0.3 is 0 Å². The molecule has 0 spiro atoms. The molecule has 0 unspecified atom stereocenters. The Bertz CT molecular complexity index is 1620. The maximum Gasteiger partial charge on any atom is 0.249 e. The van der Waals surface area contributed by atoms with Crippen LogP contribution < -0.4 is 5.73 Å². The molecule has 0 saturated carbocycles. The summed E-state index contributed by atoms with van der Waals surface area (Å²) in [6.07, 6.45) is 0. The SMILES string of the molecule is CCn1c2cccc(C(N)=O)c2c2c3c4ccccc4sc3c3ccccc3c21. The summed E-state index contributed by atoms with van der Waals surface area (Å²) in [7, 11) is 0. The fraction of sp³-hybridized carbons (Fsp3) is 0.0800. The van der Waals surface area contributed by atoms with Gasteiger partial charge in [0.25, 0.3) is 0 Å². The molecular formula is C25H18N2OS. The third-order valence-electron chi connectivity index (χ3n) is 5.94. The average molecular weight is 394 g/mol. The van der Waals surface area contributed by atoms with E-state index >= 15 is 0 Å². The Morgan fingerprint density at radius 2 is 1.59 bits per heavy atom. The second-order valence-corrected chi connectivity index (χ2v) is 8.43. The molecule has 29 heavy (non-hydrogen) atoms. The molecule has 140 valence electrons. The number of amides is 1. The van der Waals surface area contributed by atoms with Gasteiger partial charge in [-0.15, -0.1) is 11.3 Å². The minimum absolute atomic E-state index is 0.383. The Labute approximate surface area is 170 Å². The number of hydrogen-bond donors (Lipinski definition) is 1. The van der Waals surface area contributed by atoms with E-state index < -0.39 is 0 Å². The highest BCUT2D eigenvalue weighted by Gasteiger charge is 2.22. The summed E-state index contributed by atoms with van der Waals surface area (Å²) in [5.74, 6) is -0.383. The van der Waals surface area contributed by atoms with Gasteiger partial charge < -0.3 is 10.3 Å². The molecule has 2 heterocycles. The molecule has 0 saturated heterocycles. The van der Waals surface area contributed by atoms with E-state index in [-0.39, 0.29) is 5.91 Å². The summed E-state index contributed by atoms with van der Waals surface area (Å²) in [5, 5.41) is 7.05. The van der Waals surface area contributed by atoms with Crippen molar-refractivity contribution in [1.29, 1.82) is 0 Å². The van der Waals surface area contributed by atoms with Crippen molar-refractivity contribution in [2.24, 2.45) is 5.73 Å². The third kappa shape index (κ3) is 2.04. The van der Waals surface area contributed by atoms with Crippen LogP contribution in [-0.4, -0.2) is 10.5 Å². The Balaban J connectivity index is 2.09. The highest BCUT2D eigenvalue weighted by molar-refractivity contribution is 7.27. The van der Waals surface area contributed by atoms with E-state index in [0.29, 0.717) is 5.56 Å². The van der Waals surface area contributed by atoms with Crippen molar-refractivity contribution in [2.45, 2.75) is 13.5 Å². The summed E-state index contributed by atoms with van der Waals surface area (Å²) < 4.78 is 4.85. The lowest BCUT2D eigenvalue weighted by Crippen LogP contribution is -2.11. The van der Waals surface area contributed by atoms with E-state index in [9.17, 15) is 4.79 Å². The summed E-state index contributed by atoms with van der Waals surface area (Å²) in [4.78, 5) is 12.4. The van der Waals surface area contributed by atoms with Crippen LogP contribution in [0.4, 0.5) is 0 Å².